The lowest BCUT2D eigenvalue weighted by molar-refractivity contribution is 0.0525. The summed E-state index contributed by atoms with van der Waals surface area (Å²) >= 11 is 5.61. The molecular weight excluding hydrogens is 190 g/mol. The van der Waals surface area contributed by atoms with Crippen LogP contribution >= 0.6 is 11.6 Å². The van der Waals surface area contributed by atoms with Crippen LogP contribution in [0.3, 0.4) is 0 Å². The summed E-state index contributed by atoms with van der Waals surface area (Å²) in [6, 6.07) is 3.34. The maximum Gasteiger partial charge on any atom is 0.340 e. The van der Waals surface area contributed by atoms with Crippen molar-refractivity contribution >= 4 is 17.6 Å². The number of rotatable bonds is 3. The van der Waals surface area contributed by atoms with E-state index >= 15 is 0 Å². The molecule has 0 aliphatic carbocycles. The second-order valence-electron chi connectivity index (χ2n) is 2.35. The highest BCUT2D eigenvalue weighted by Crippen LogP contribution is 2.09. The molecule has 3 nitrogen and oxygen atoms in total. The van der Waals surface area contributed by atoms with E-state index in [-0.39, 0.29) is 11.8 Å². The summed E-state index contributed by atoms with van der Waals surface area (Å²) in [4.78, 5) is 15.3. The predicted molar refractivity (Wildman–Crippen MR) is 49.8 cm³/mol. The maximum atomic E-state index is 11.3. The molecule has 70 valence electrons. The molecule has 13 heavy (non-hydrogen) atoms. The topological polar surface area (TPSA) is 39.2 Å². The van der Waals surface area contributed by atoms with Crippen LogP contribution in [0.2, 0.25) is 0 Å². The lowest BCUT2D eigenvalue weighted by atomic mass is 10.2. The molecule has 0 amide bonds. The number of nitrogens with zero attached hydrogens (tertiary/aromatic N) is 1. The molecule has 1 aromatic heterocycles. The third-order valence-electron chi connectivity index (χ3n) is 1.51. The Hall–Kier alpha value is -1.09. The van der Waals surface area contributed by atoms with Crippen molar-refractivity contribution in [3.63, 3.8) is 0 Å². The number of carbonyl (C=O) groups excluding carboxylic acids is 1. The van der Waals surface area contributed by atoms with E-state index in [1.54, 1.807) is 25.3 Å². The second-order valence-corrected chi connectivity index (χ2v) is 2.62. The zero-order chi connectivity index (χ0) is 9.68. The van der Waals surface area contributed by atoms with Gasteiger partial charge in [0.15, 0.2) is 0 Å². The summed E-state index contributed by atoms with van der Waals surface area (Å²) in [7, 11) is 0. The standard InChI is InChI=1S/C9H10ClNO2/c1-2-13-9(12)7-4-3-5-11-8(7)6-10/h3-5H,2,6H2,1H3. The number of carbonyl (C=O) groups is 1. The maximum absolute atomic E-state index is 11.3. The summed E-state index contributed by atoms with van der Waals surface area (Å²) < 4.78 is 4.83. The molecule has 0 bridgehead atoms. The Balaban J connectivity index is 2.92. The highest BCUT2D eigenvalue weighted by Gasteiger charge is 2.11. The molecule has 1 heterocycles. The van der Waals surface area contributed by atoms with Gasteiger partial charge in [-0.2, -0.15) is 0 Å². The second kappa shape index (κ2) is 4.82. The Morgan fingerprint density at radius 2 is 2.46 bits per heavy atom. The number of hydrogen-bond acceptors (Lipinski definition) is 3. The molecule has 0 fully saturated rings. The van der Waals surface area contributed by atoms with Gasteiger partial charge >= 0.3 is 5.97 Å². The van der Waals surface area contributed by atoms with Crippen molar-refractivity contribution in [3.05, 3.63) is 29.6 Å². The van der Waals surface area contributed by atoms with Gasteiger partial charge in [-0.1, -0.05) is 0 Å². The molecule has 0 aliphatic rings. The Bertz CT molecular complexity index is 301. The van der Waals surface area contributed by atoms with Crippen molar-refractivity contribution in [2.75, 3.05) is 6.61 Å². The van der Waals surface area contributed by atoms with Gasteiger partial charge in [-0.15, -0.1) is 11.6 Å². The molecule has 0 aliphatic heterocycles. The van der Waals surface area contributed by atoms with E-state index in [2.05, 4.69) is 4.98 Å². The van der Waals surface area contributed by atoms with Gasteiger partial charge in [0.1, 0.15) is 0 Å². The third-order valence-corrected chi connectivity index (χ3v) is 1.77. The van der Waals surface area contributed by atoms with Gasteiger partial charge in [0.25, 0.3) is 0 Å². The molecule has 0 saturated carbocycles. The molecule has 0 aromatic carbocycles. The van der Waals surface area contributed by atoms with E-state index in [4.69, 9.17) is 16.3 Å². The minimum absolute atomic E-state index is 0.217. The van der Waals surface area contributed by atoms with Gasteiger partial charge in [0.2, 0.25) is 0 Å². The average Bonchev–Trinajstić information content (AvgIpc) is 2.18. The number of alkyl halides is 1. The van der Waals surface area contributed by atoms with Crippen LogP contribution in [-0.2, 0) is 10.6 Å². The number of ether oxygens (including phenoxy) is 1. The van der Waals surface area contributed by atoms with E-state index in [1.807, 2.05) is 0 Å². The molecule has 4 heteroatoms. The monoisotopic (exact) mass is 199 g/mol. The Morgan fingerprint density at radius 3 is 3.08 bits per heavy atom. The van der Waals surface area contributed by atoms with Crippen molar-refractivity contribution in [1.82, 2.24) is 4.98 Å². The number of halogens is 1. The van der Waals surface area contributed by atoms with Crippen LogP contribution in [0.25, 0.3) is 0 Å². The van der Waals surface area contributed by atoms with Gasteiger partial charge in [-0.05, 0) is 19.1 Å². The predicted octanol–water partition coefficient (Wildman–Crippen LogP) is 2.00. The minimum atomic E-state index is -0.369. The highest BCUT2D eigenvalue weighted by atomic mass is 35.5. The van der Waals surface area contributed by atoms with Gasteiger partial charge < -0.3 is 4.74 Å². The SMILES string of the molecule is CCOC(=O)c1cccnc1CCl. The number of hydrogen-bond donors (Lipinski definition) is 0. The van der Waals surface area contributed by atoms with Crippen LogP contribution in [0.15, 0.2) is 18.3 Å². The summed E-state index contributed by atoms with van der Waals surface area (Å²) in [6.45, 7) is 2.12. The molecule has 1 rings (SSSR count). The molecule has 0 saturated heterocycles. The van der Waals surface area contributed by atoms with Gasteiger partial charge in [-0.25, -0.2) is 4.79 Å². The summed E-state index contributed by atoms with van der Waals surface area (Å²) in [5.41, 5.74) is 1.00. The first kappa shape index (κ1) is 9.99. The molecule has 1 aromatic rings. The summed E-state index contributed by atoms with van der Waals surface area (Å²) in [6.07, 6.45) is 1.60. The number of pyridine rings is 1. The quantitative estimate of drug-likeness (QED) is 0.552. The highest BCUT2D eigenvalue weighted by molar-refractivity contribution is 6.17. The molecule has 0 atom stereocenters. The van der Waals surface area contributed by atoms with Crippen molar-refractivity contribution < 1.29 is 9.53 Å². The van der Waals surface area contributed by atoms with Gasteiger partial charge in [0, 0.05) is 6.20 Å². The van der Waals surface area contributed by atoms with Crippen LogP contribution in [0.1, 0.15) is 23.0 Å². The Kier molecular flexibility index (Phi) is 3.71. The fourth-order valence-electron chi connectivity index (χ4n) is 0.939. The first-order chi connectivity index (χ1) is 6.29. The molecule has 0 radical (unpaired) electrons. The summed E-state index contributed by atoms with van der Waals surface area (Å²) in [5.74, 6) is -0.152. The fraction of sp³-hybridized carbons (Fsp3) is 0.333. The van der Waals surface area contributed by atoms with Crippen molar-refractivity contribution in [3.8, 4) is 0 Å². The molecule has 0 spiro atoms. The van der Waals surface area contributed by atoms with Crippen molar-refractivity contribution in [1.29, 1.82) is 0 Å². The van der Waals surface area contributed by atoms with Crippen LogP contribution in [-0.4, -0.2) is 17.6 Å². The molecular formula is C9H10ClNO2. The minimum Gasteiger partial charge on any atom is -0.462 e. The smallest absolute Gasteiger partial charge is 0.340 e. The van der Waals surface area contributed by atoms with Crippen molar-refractivity contribution in [2.45, 2.75) is 12.8 Å². The largest absolute Gasteiger partial charge is 0.462 e. The lowest BCUT2D eigenvalue weighted by Crippen LogP contribution is -2.08. The number of esters is 1. The third kappa shape index (κ3) is 2.42. The lowest BCUT2D eigenvalue weighted by Gasteiger charge is -2.04. The summed E-state index contributed by atoms with van der Waals surface area (Å²) in [5, 5.41) is 0. The normalized spacial score (nSPS) is 9.69. The van der Waals surface area contributed by atoms with Crippen LogP contribution in [0.5, 0.6) is 0 Å². The van der Waals surface area contributed by atoms with Gasteiger partial charge in [0.05, 0.1) is 23.7 Å². The van der Waals surface area contributed by atoms with E-state index in [0.717, 1.165) is 0 Å². The zero-order valence-electron chi connectivity index (χ0n) is 7.29. The van der Waals surface area contributed by atoms with E-state index < -0.39 is 0 Å². The van der Waals surface area contributed by atoms with Gasteiger partial charge in [-0.3, -0.25) is 4.98 Å². The number of aromatic nitrogens is 1. The van der Waals surface area contributed by atoms with E-state index in [1.165, 1.54) is 0 Å². The first-order valence-electron chi connectivity index (χ1n) is 3.96. The molecule has 0 unspecified atom stereocenters. The van der Waals surface area contributed by atoms with Crippen LogP contribution < -0.4 is 0 Å². The first-order valence-corrected chi connectivity index (χ1v) is 4.50. The average molecular weight is 200 g/mol. The Labute approximate surface area is 81.7 Å². The molecule has 0 N–H and O–H groups in total. The van der Waals surface area contributed by atoms with Crippen LogP contribution in [0, 0.1) is 0 Å². The Morgan fingerprint density at radius 1 is 1.69 bits per heavy atom. The fourth-order valence-corrected chi connectivity index (χ4v) is 1.15. The van der Waals surface area contributed by atoms with E-state index in [0.29, 0.717) is 17.9 Å². The van der Waals surface area contributed by atoms with Crippen molar-refractivity contribution in [2.24, 2.45) is 0 Å². The zero-order valence-corrected chi connectivity index (χ0v) is 8.04. The van der Waals surface area contributed by atoms with Crippen LogP contribution in [0.4, 0.5) is 0 Å². The van der Waals surface area contributed by atoms with E-state index in [9.17, 15) is 4.79 Å².